The topological polar surface area (TPSA) is 67.8 Å². The predicted octanol–water partition coefficient (Wildman–Crippen LogP) is 2.49. The molecule has 2 aromatic rings. The molecule has 0 spiro atoms. The molecule has 1 amide bonds. The third kappa shape index (κ3) is 2.66. The molecule has 0 fully saturated rings. The van der Waals surface area contributed by atoms with Crippen LogP contribution in [0.1, 0.15) is 10.5 Å². The summed E-state index contributed by atoms with van der Waals surface area (Å²) in [6.07, 6.45) is 1.58. The van der Waals surface area contributed by atoms with Crippen molar-refractivity contribution in [3.05, 3.63) is 33.8 Å². The van der Waals surface area contributed by atoms with Gasteiger partial charge in [0.1, 0.15) is 10.8 Å². The van der Waals surface area contributed by atoms with E-state index in [-0.39, 0.29) is 16.1 Å². The number of carbonyl (C=O) groups excluding carboxylic acids is 1. The summed E-state index contributed by atoms with van der Waals surface area (Å²) in [5.74, 6) is -0.429. The Morgan fingerprint density at radius 1 is 1.38 bits per heavy atom. The van der Waals surface area contributed by atoms with Crippen molar-refractivity contribution in [1.82, 2.24) is 15.0 Å². The molecule has 0 atom stereocenters. The Balaban J connectivity index is 2.21. The monoisotopic (exact) mass is 274 g/mol. The van der Waals surface area contributed by atoms with E-state index in [0.29, 0.717) is 5.13 Å². The minimum Gasteiger partial charge on any atom is -0.296 e. The predicted molar refractivity (Wildman–Crippen MR) is 62.1 cm³/mol. The summed E-state index contributed by atoms with van der Waals surface area (Å²) in [7, 11) is 0. The number of halogens is 2. The minimum absolute atomic E-state index is 0.0724. The molecular formula is C8H4Cl2N4OS. The van der Waals surface area contributed by atoms with E-state index in [9.17, 15) is 4.79 Å². The highest BCUT2D eigenvalue weighted by molar-refractivity contribution is 7.13. The molecule has 16 heavy (non-hydrogen) atoms. The van der Waals surface area contributed by atoms with Crippen molar-refractivity contribution in [3.8, 4) is 0 Å². The molecule has 0 unspecified atom stereocenters. The lowest BCUT2D eigenvalue weighted by atomic mass is 10.4. The SMILES string of the molecule is O=C(Nc1nccs1)c1cc(Cl)nc(Cl)n1. The maximum atomic E-state index is 11.7. The van der Waals surface area contributed by atoms with Crippen LogP contribution in [0.3, 0.4) is 0 Å². The van der Waals surface area contributed by atoms with Crippen LogP contribution < -0.4 is 5.32 Å². The van der Waals surface area contributed by atoms with Crippen molar-refractivity contribution in [1.29, 1.82) is 0 Å². The molecule has 0 aliphatic heterocycles. The van der Waals surface area contributed by atoms with Crippen molar-refractivity contribution >= 4 is 45.6 Å². The Hall–Kier alpha value is -1.24. The summed E-state index contributed by atoms with van der Waals surface area (Å²) in [5, 5.41) is 4.82. The van der Waals surface area contributed by atoms with Crippen LogP contribution in [0.15, 0.2) is 17.6 Å². The zero-order valence-electron chi connectivity index (χ0n) is 7.65. The van der Waals surface area contributed by atoms with E-state index in [2.05, 4.69) is 20.3 Å². The molecule has 82 valence electrons. The van der Waals surface area contributed by atoms with Crippen LogP contribution in [0.5, 0.6) is 0 Å². The number of nitrogens with one attached hydrogen (secondary N) is 1. The van der Waals surface area contributed by atoms with Crippen LogP contribution in [0.4, 0.5) is 5.13 Å². The summed E-state index contributed by atoms with van der Waals surface area (Å²) < 4.78 is 0. The molecule has 2 rings (SSSR count). The van der Waals surface area contributed by atoms with Gasteiger partial charge in [0, 0.05) is 17.6 Å². The first-order valence-electron chi connectivity index (χ1n) is 4.06. The number of nitrogens with zero attached hydrogens (tertiary/aromatic N) is 3. The standard InChI is InChI=1S/C8H4Cl2N4OS/c9-5-3-4(12-7(10)13-5)6(15)14-8-11-1-2-16-8/h1-3H,(H,11,14,15). The van der Waals surface area contributed by atoms with Gasteiger partial charge in [-0.05, 0) is 11.6 Å². The van der Waals surface area contributed by atoms with E-state index in [1.807, 2.05) is 0 Å². The third-order valence-electron chi connectivity index (χ3n) is 1.55. The molecule has 0 saturated carbocycles. The summed E-state index contributed by atoms with van der Waals surface area (Å²) in [6, 6.07) is 1.33. The van der Waals surface area contributed by atoms with Gasteiger partial charge in [-0.25, -0.2) is 15.0 Å². The van der Waals surface area contributed by atoms with Gasteiger partial charge in [0.15, 0.2) is 5.13 Å². The largest absolute Gasteiger partial charge is 0.296 e. The zero-order chi connectivity index (χ0) is 11.5. The Morgan fingerprint density at radius 2 is 2.19 bits per heavy atom. The number of aromatic nitrogens is 3. The molecule has 2 aromatic heterocycles. The van der Waals surface area contributed by atoms with Crippen LogP contribution in [-0.2, 0) is 0 Å². The van der Waals surface area contributed by atoms with Gasteiger partial charge < -0.3 is 0 Å². The lowest BCUT2D eigenvalue weighted by molar-refractivity contribution is 0.102. The van der Waals surface area contributed by atoms with Crippen molar-refractivity contribution in [2.45, 2.75) is 0 Å². The maximum absolute atomic E-state index is 11.7. The molecule has 0 aliphatic rings. The van der Waals surface area contributed by atoms with Gasteiger partial charge in [-0.2, -0.15) is 0 Å². The van der Waals surface area contributed by atoms with Crippen molar-refractivity contribution < 1.29 is 4.79 Å². The van der Waals surface area contributed by atoms with Crippen LogP contribution in [-0.4, -0.2) is 20.9 Å². The zero-order valence-corrected chi connectivity index (χ0v) is 9.97. The van der Waals surface area contributed by atoms with E-state index in [0.717, 1.165) is 0 Å². The number of anilines is 1. The Morgan fingerprint density at radius 3 is 2.81 bits per heavy atom. The molecule has 8 heteroatoms. The highest BCUT2D eigenvalue weighted by atomic mass is 35.5. The summed E-state index contributed by atoms with van der Waals surface area (Å²) in [4.78, 5) is 23.0. The first-order valence-corrected chi connectivity index (χ1v) is 5.69. The van der Waals surface area contributed by atoms with Crippen LogP contribution >= 0.6 is 34.5 Å². The average molecular weight is 275 g/mol. The van der Waals surface area contributed by atoms with Crippen molar-refractivity contribution in [2.24, 2.45) is 0 Å². The first-order chi connectivity index (χ1) is 7.65. The molecular weight excluding hydrogens is 271 g/mol. The number of hydrogen-bond donors (Lipinski definition) is 1. The van der Waals surface area contributed by atoms with Gasteiger partial charge in [-0.1, -0.05) is 11.6 Å². The number of amides is 1. The fourth-order valence-electron chi connectivity index (χ4n) is 0.953. The third-order valence-corrected chi connectivity index (χ3v) is 2.60. The van der Waals surface area contributed by atoms with Gasteiger partial charge in [0.25, 0.3) is 5.91 Å². The summed E-state index contributed by atoms with van der Waals surface area (Å²) in [5.41, 5.74) is 0.0974. The highest BCUT2D eigenvalue weighted by Crippen LogP contribution is 2.14. The summed E-state index contributed by atoms with van der Waals surface area (Å²) >= 11 is 12.5. The minimum atomic E-state index is -0.429. The second-order valence-electron chi connectivity index (χ2n) is 2.64. The molecule has 0 aliphatic carbocycles. The molecule has 0 radical (unpaired) electrons. The second kappa shape index (κ2) is 4.73. The number of thiazole rings is 1. The highest BCUT2D eigenvalue weighted by Gasteiger charge is 2.11. The fraction of sp³-hybridized carbons (Fsp3) is 0. The van der Waals surface area contributed by atoms with Crippen LogP contribution in [0.2, 0.25) is 10.4 Å². The number of hydrogen-bond acceptors (Lipinski definition) is 5. The number of rotatable bonds is 2. The van der Waals surface area contributed by atoms with Crippen LogP contribution in [0.25, 0.3) is 0 Å². The number of carbonyl (C=O) groups is 1. The summed E-state index contributed by atoms with van der Waals surface area (Å²) in [6.45, 7) is 0. The molecule has 2 heterocycles. The van der Waals surface area contributed by atoms with Crippen LogP contribution in [0, 0.1) is 0 Å². The quantitative estimate of drug-likeness (QED) is 0.675. The van der Waals surface area contributed by atoms with E-state index in [4.69, 9.17) is 23.2 Å². The Kier molecular flexibility index (Phi) is 3.33. The van der Waals surface area contributed by atoms with Gasteiger partial charge >= 0.3 is 0 Å². The lowest BCUT2D eigenvalue weighted by Crippen LogP contribution is -2.13. The van der Waals surface area contributed by atoms with E-state index in [1.54, 1.807) is 11.6 Å². The second-order valence-corrected chi connectivity index (χ2v) is 4.26. The molecule has 0 aromatic carbocycles. The molecule has 0 saturated heterocycles. The van der Waals surface area contributed by atoms with Gasteiger partial charge in [-0.3, -0.25) is 10.1 Å². The lowest BCUT2D eigenvalue weighted by Gasteiger charge is -2.01. The van der Waals surface area contributed by atoms with Gasteiger partial charge in [-0.15, -0.1) is 11.3 Å². The van der Waals surface area contributed by atoms with Gasteiger partial charge in [0.05, 0.1) is 0 Å². The fourth-order valence-corrected chi connectivity index (χ4v) is 1.89. The van der Waals surface area contributed by atoms with Crippen molar-refractivity contribution in [2.75, 3.05) is 5.32 Å². The first kappa shape index (κ1) is 11.3. The molecule has 5 nitrogen and oxygen atoms in total. The smallest absolute Gasteiger partial charge is 0.276 e. The average Bonchev–Trinajstić information content (AvgIpc) is 2.68. The molecule has 1 N–H and O–H groups in total. The molecule has 0 bridgehead atoms. The Bertz CT molecular complexity index is 497. The normalized spacial score (nSPS) is 10.1. The van der Waals surface area contributed by atoms with E-state index < -0.39 is 5.91 Å². The van der Waals surface area contributed by atoms with Gasteiger partial charge in [0.2, 0.25) is 5.28 Å². The van der Waals surface area contributed by atoms with E-state index >= 15 is 0 Å². The van der Waals surface area contributed by atoms with Crippen molar-refractivity contribution in [3.63, 3.8) is 0 Å². The maximum Gasteiger partial charge on any atom is 0.276 e. The Labute approximate surface area is 104 Å². The van der Waals surface area contributed by atoms with E-state index in [1.165, 1.54) is 17.4 Å².